The maximum absolute atomic E-state index is 14.0. The summed E-state index contributed by atoms with van der Waals surface area (Å²) in [5.41, 5.74) is 6.20. The molecule has 1 aliphatic heterocycles. The van der Waals surface area contributed by atoms with Crippen molar-refractivity contribution in [2.24, 2.45) is 16.6 Å². The summed E-state index contributed by atoms with van der Waals surface area (Å²) >= 11 is 0. The fourth-order valence-corrected chi connectivity index (χ4v) is 5.36. The predicted molar refractivity (Wildman–Crippen MR) is 149 cm³/mol. The SMILES string of the molecule is CC(N)=C1C(=Nc2ccccc2)N(C)C(=O)[C@@H]([C@@H]([Si])N(C)C(=O)c2cccc(C(F)(F)F)c2)[C@H]1c1ccc(F)cc1. The van der Waals surface area contributed by atoms with Crippen molar-refractivity contribution in [3.8, 4) is 0 Å². The van der Waals surface area contributed by atoms with Crippen LogP contribution in [0.5, 0.6) is 0 Å². The molecular weight excluding hydrogens is 552 g/mol. The predicted octanol–water partition coefficient (Wildman–Crippen LogP) is 5.25. The number of likely N-dealkylation sites (tertiary alicyclic amines) is 1. The molecule has 1 fully saturated rings. The molecule has 3 radical (unpaired) electrons. The Bertz CT molecular complexity index is 1500. The van der Waals surface area contributed by atoms with Crippen LogP contribution in [0.4, 0.5) is 23.2 Å². The van der Waals surface area contributed by atoms with E-state index in [-0.39, 0.29) is 11.4 Å². The molecule has 4 rings (SSSR count). The van der Waals surface area contributed by atoms with Crippen LogP contribution >= 0.6 is 0 Å². The van der Waals surface area contributed by atoms with Gasteiger partial charge in [-0.2, -0.15) is 13.2 Å². The van der Waals surface area contributed by atoms with E-state index in [4.69, 9.17) is 10.7 Å². The number of halogens is 4. The normalized spacial score (nSPS) is 20.6. The van der Waals surface area contributed by atoms with Gasteiger partial charge in [0.25, 0.3) is 5.91 Å². The zero-order valence-electron chi connectivity index (χ0n) is 22.5. The Kier molecular flexibility index (Phi) is 8.48. The van der Waals surface area contributed by atoms with Crippen molar-refractivity contribution in [3.63, 3.8) is 0 Å². The van der Waals surface area contributed by atoms with E-state index in [2.05, 4.69) is 10.2 Å². The maximum Gasteiger partial charge on any atom is 0.416 e. The number of amides is 2. The molecule has 41 heavy (non-hydrogen) atoms. The lowest BCUT2D eigenvalue weighted by Gasteiger charge is -2.44. The molecule has 1 aliphatic rings. The van der Waals surface area contributed by atoms with Crippen LogP contribution in [0.3, 0.4) is 0 Å². The Morgan fingerprint density at radius 3 is 2.27 bits per heavy atom. The number of amidine groups is 1. The quantitative estimate of drug-likeness (QED) is 0.332. The van der Waals surface area contributed by atoms with Crippen LogP contribution < -0.4 is 5.73 Å². The lowest BCUT2D eigenvalue weighted by atomic mass is 9.74. The number of rotatable bonds is 5. The van der Waals surface area contributed by atoms with Crippen LogP contribution in [0.1, 0.15) is 34.3 Å². The third-order valence-corrected chi connectivity index (χ3v) is 7.75. The average Bonchev–Trinajstić information content (AvgIpc) is 2.94. The first kappa shape index (κ1) is 29.7. The Morgan fingerprint density at radius 1 is 1.05 bits per heavy atom. The smallest absolute Gasteiger partial charge is 0.402 e. The van der Waals surface area contributed by atoms with Crippen molar-refractivity contribution in [1.29, 1.82) is 0 Å². The minimum Gasteiger partial charge on any atom is -0.402 e. The van der Waals surface area contributed by atoms with Gasteiger partial charge in [0.2, 0.25) is 5.91 Å². The molecule has 2 amide bonds. The highest BCUT2D eigenvalue weighted by atomic mass is 28.1. The number of allylic oxidation sites excluding steroid dienone is 1. The number of aliphatic imine (C=N–C) groups is 1. The molecule has 11 heteroatoms. The Hall–Kier alpha value is -4.25. The number of benzene rings is 3. The molecule has 0 aliphatic carbocycles. The first-order valence-electron chi connectivity index (χ1n) is 12.6. The van der Waals surface area contributed by atoms with E-state index < -0.39 is 46.9 Å². The molecule has 211 valence electrons. The number of likely N-dealkylation sites (N-methyl/N-ethyl adjacent to an activating group) is 1. The number of carbonyl (C=O) groups excluding carboxylic acids is 2. The lowest BCUT2D eigenvalue weighted by molar-refractivity contribution is -0.137. The summed E-state index contributed by atoms with van der Waals surface area (Å²) in [4.78, 5) is 34.6. The lowest BCUT2D eigenvalue weighted by Crippen LogP contribution is -2.56. The Balaban J connectivity index is 1.83. The van der Waals surface area contributed by atoms with Crippen molar-refractivity contribution in [2.45, 2.75) is 24.7 Å². The molecule has 1 heterocycles. The first-order chi connectivity index (χ1) is 19.3. The van der Waals surface area contributed by atoms with Crippen LogP contribution in [0.15, 0.2) is 95.1 Å². The molecule has 0 bridgehead atoms. The van der Waals surface area contributed by atoms with Crippen LogP contribution in [0.25, 0.3) is 0 Å². The van der Waals surface area contributed by atoms with E-state index in [1.165, 1.54) is 54.2 Å². The molecule has 0 spiro atoms. The third kappa shape index (κ3) is 6.09. The monoisotopic (exact) mass is 579 g/mol. The van der Waals surface area contributed by atoms with Gasteiger partial charge in [-0.05, 0) is 55.0 Å². The molecule has 3 atom stereocenters. The Morgan fingerprint density at radius 2 is 1.68 bits per heavy atom. The van der Waals surface area contributed by atoms with Crippen LogP contribution in [-0.2, 0) is 11.0 Å². The van der Waals surface area contributed by atoms with Gasteiger partial charge in [0, 0.05) is 42.5 Å². The molecule has 0 aromatic heterocycles. The summed E-state index contributed by atoms with van der Waals surface area (Å²) < 4.78 is 53.9. The number of piperidine rings is 1. The first-order valence-corrected chi connectivity index (χ1v) is 13.2. The zero-order chi connectivity index (χ0) is 30.1. The minimum absolute atomic E-state index is 0.197. The Labute approximate surface area is 238 Å². The van der Waals surface area contributed by atoms with Gasteiger partial charge >= 0.3 is 6.18 Å². The third-order valence-electron chi connectivity index (χ3n) is 7.00. The summed E-state index contributed by atoms with van der Waals surface area (Å²) in [7, 11) is 6.50. The fourth-order valence-electron chi connectivity index (χ4n) is 4.91. The van der Waals surface area contributed by atoms with E-state index in [1.807, 2.05) is 6.07 Å². The van der Waals surface area contributed by atoms with Gasteiger partial charge in [0.1, 0.15) is 11.7 Å². The summed E-state index contributed by atoms with van der Waals surface area (Å²) in [6.07, 6.45) is -4.63. The van der Waals surface area contributed by atoms with Crippen LogP contribution in [0, 0.1) is 11.7 Å². The average molecular weight is 580 g/mol. The number of nitrogens with zero attached hydrogens (tertiary/aromatic N) is 3. The van der Waals surface area contributed by atoms with E-state index >= 15 is 0 Å². The van der Waals surface area contributed by atoms with Gasteiger partial charge < -0.3 is 10.6 Å². The number of nitrogens with two attached hydrogens (primary N) is 1. The highest BCUT2D eigenvalue weighted by molar-refractivity contribution is 6.20. The van der Waals surface area contributed by atoms with Gasteiger partial charge in [-0.3, -0.25) is 14.5 Å². The summed E-state index contributed by atoms with van der Waals surface area (Å²) in [5.74, 6) is -3.15. The molecular formula is C30H27F4N4O2Si. The van der Waals surface area contributed by atoms with Crippen molar-refractivity contribution in [3.05, 3.63) is 113 Å². The summed E-state index contributed by atoms with van der Waals surface area (Å²) in [5, 5.41) is 0. The standard InChI is InChI=1S/C30H27F4N4O2Si/c1-17(35)23-24(18-12-14-21(31)15-13-18)25(28(40)37(2)26(23)36-22-10-5-4-6-11-22)29(41)38(3)27(39)19-8-7-9-20(16-19)30(32,33)34/h4-16,24-25,29H,35H2,1-3H3/t24-,25-,29+/m0/s1. The van der Waals surface area contributed by atoms with Crippen LogP contribution in [0.2, 0.25) is 0 Å². The topological polar surface area (TPSA) is 79.0 Å². The molecule has 1 saturated heterocycles. The van der Waals surface area contributed by atoms with E-state index in [1.54, 1.807) is 31.2 Å². The highest BCUT2D eigenvalue weighted by Crippen LogP contribution is 2.42. The second-order valence-corrected chi connectivity index (χ2v) is 10.4. The molecule has 3 aromatic carbocycles. The van der Waals surface area contributed by atoms with Gasteiger partial charge in [0.15, 0.2) is 0 Å². The van der Waals surface area contributed by atoms with E-state index in [0.29, 0.717) is 22.5 Å². The molecule has 0 unspecified atom stereocenters. The second-order valence-electron chi connectivity index (χ2n) is 9.76. The van der Waals surface area contributed by atoms with E-state index in [9.17, 15) is 27.2 Å². The summed E-state index contributed by atoms with van der Waals surface area (Å²) in [6, 6.07) is 18.6. The van der Waals surface area contributed by atoms with Gasteiger partial charge in [-0.1, -0.05) is 36.4 Å². The molecule has 0 saturated carbocycles. The number of carbonyl (C=O) groups is 2. The summed E-state index contributed by atoms with van der Waals surface area (Å²) in [6.45, 7) is 1.66. The molecule has 2 N–H and O–H groups in total. The van der Waals surface area contributed by atoms with Crippen LogP contribution in [-0.4, -0.2) is 57.5 Å². The largest absolute Gasteiger partial charge is 0.416 e. The van der Waals surface area contributed by atoms with Crippen molar-refractivity contribution >= 4 is 33.6 Å². The van der Waals surface area contributed by atoms with Crippen molar-refractivity contribution in [2.75, 3.05) is 14.1 Å². The van der Waals surface area contributed by atoms with Gasteiger partial charge in [-0.15, -0.1) is 0 Å². The highest BCUT2D eigenvalue weighted by Gasteiger charge is 2.47. The number of hydrogen-bond acceptors (Lipinski definition) is 4. The number of alkyl halides is 3. The minimum atomic E-state index is -4.63. The van der Waals surface area contributed by atoms with Gasteiger partial charge in [0.05, 0.1) is 27.4 Å². The molecule has 6 nitrogen and oxygen atoms in total. The number of para-hydroxylation sites is 1. The zero-order valence-corrected chi connectivity index (χ0v) is 23.5. The van der Waals surface area contributed by atoms with Crippen molar-refractivity contribution < 1.29 is 27.2 Å². The maximum atomic E-state index is 14.0. The van der Waals surface area contributed by atoms with E-state index in [0.717, 1.165) is 18.2 Å². The number of hydrogen-bond donors (Lipinski definition) is 1. The second kappa shape index (κ2) is 11.7. The van der Waals surface area contributed by atoms with Crippen molar-refractivity contribution in [1.82, 2.24) is 9.80 Å². The fraction of sp³-hybridized carbons (Fsp3) is 0.233. The van der Waals surface area contributed by atoms with Gasteiger partial charge in [-0.25, -0.2) is 9.38 Å². The molecule has 3 aromatic rings.